The number of carbonyl (C=O) groups is 2. The number of ketones is 1. The Kier molecular flexibility index (Phi) is 5.85. The van der Waals surface area contributed by atoms with Crippen LogP contribution in [0.2, 0.25) is 0 Å². The second kappa shape index (κ2) is 7.03. The number of aromatic nitrogens is 3. The van der Waals surface area contributed by atoms with Crippen molar-refractivity contribution in [3.8, 4) is 0 Å². The Hall–Kier alpha value is -1.72. The molecule has 22 heavy (non-hydrogen) atoms. The number of amides is 1. The molecule has 0 spiro atoms. The summed E-state index contributed by atoms with van der Waals surface area (Å²) in [6, 6.07) is 0. The number of carbonyl (C=O) groups excluding carboxylic acids is 2. The molecule has 1 heterocycles. The van der Waals surface area contributed by atoms with Crippen molar-refractivity contribution in [3.63, 3.8) is 0 Å². The predicted molar refractivity (Wildman–Crippen MR) is 85.0 cm³/mol. The Morgan fingerprint density at radius 1 is 1.14 bits per heavy atom. The minimum absolute atomic E-state index is 0.0159. The van der Waals surface area contributed by atoms with Crippen LogP contribution in [-0.2, 0) is 22.7 Å². The van der Waals surface area contributed by atoms with Gasteiger partial charge >= 0.3 is 0 Å². The van der Waals surface area contributed by atoms with Crippen molar-refractivity contribution in [2.75, 3.05) is 0 Å². The van der Waals surface area contributed by atoms with Crippen molar-refractivity contribution in [1.29, 1.82) is 0 Å². The highest BCUT2D eigenvalue weighted by atomic mass is 16.2. The molecule has 0 aliphatic heterocycles. The summed E-state index contributed by atoms with van der Waals surface area (Å²) in [5.41, 5.74) is 0.0217. The maximum atomic E-state index is 11.8. The average Bonchev–Trinajstić information content (AvgIpc) is 2.81. The summed E-state index contributed by atoms with van der Waals surface area (Å²) in [6.07, 6.45) is 3.09. The van der Waals surface area contributed by atoms with E-state index in [2.05, 4.69) is 15.6 Å². The lowest BCUT2D eigenvalue weighted by Crippen LogP contribution is -2.34. The molecular weight excluding hydrogens is 280 g/mol. The van der Waals surface area contributed by atoms with E-state index in [1.165, 1.54) is 0 Å². The molecule has 0 aliphatic rings. The second-order valence-corrected chi connectivity index (χ2v) is 7.68. The molecule has 0 saturated heterocycles. The van der Waals surface area contributed by atoms with Crippen LogP contribution in [0.15, 0.2) is 6.20 Å². The highest BCUT2D eigenvalue weighted by molar-refractivity contribution is 5.83. The van der Waals surface area contributed by atoms with Gasteiger partial charge in [-0.3, -0.25) is 14.3 Å². The summed E-state index contributed by atoms with van der Waals surface area (Å²) < 4.78 is 1.72. The first-order chi connectivity index (χ1) is 10.00. The number of rotatable bonds is 6. The fourth-order valence-corrected chi connectivity index (χ4v) is 1.74. The molecule has 0 aromatic carbocycles. The average molecular weight is 308 g/mol. The van der Waals surface area contributed by atoms with Gasteiger partial charge in [-0.2, -0.15) is 0 Å². The van der Waals surface area contributed by atoms with Gasteiger partial charge in [0.1, 0.15) is 11.5 Å². The third kappa shape index (κ3) is 5.95. The number of Topliss-reactive ketones (excluding diaryl/α,β-unsaturated/α-hetero) is 1. The van der Waals surface area contributed by atoms with Crippen molar-refractivity contribution >= 4 is 11.7 Å². The standard InChI is InChI=1S/C16H28N4O2/c1-15(2,3)13(21)8-7-9-20-11-12(18-19-20)10-17-14(22)16(4,5)6/h11H,7-10H2,1-6H3,(H,17,22). The molecule has 6 nitrogen and oxygen atoms in total. The van der Waals surface area contributed by atoms with E-state index in [1.807, 2.05) is 47.7 Å². The highest BCUT2D eigenvalue weighted by Gasteiger charge is 2.21. The maximum Gasteiger partial charge on any atom is 0.225 e. The number of hydrogen-bond donors (Lipinski definition) is 1. The molecule has 6 heteroatoms. The van der Waals surface area contributed by atoms with Gasteiger partial charge in [0.15, 0.2) is 0 Å². The van der Waals surface area contributed by atoms with Crippen molar-refractivity contribution < 1.29 is 9.59 Å². The van der Waals surface area contributed by atoms with Crippen LogP contribution < -0.4 is 5.32 Å². The molecule has 0 bridgehead atoms. The van der Waals surface area contributed by atoms with Gasteiger partial charge in [0.05, 0.1) is 12.7 Å². The summed E-state index contributed by atoms with van der Waals surface area (Å²) >= 11 is 0. The van der Waals surface area contributed by atoms with Gasteiger partial charge in [-0.25, -0.2) is 0 Å². The van der Waals surface area contributed by atoms with Gasteiger partial charge < -0.3 is 5.32 Å². The van der Waals surface area contributed by atoms with Crippen LogP contribution in [0.1, 0.15) is 60.1 Å². The zero-order chi connectivity index (χ0) is 17.0. The van der Waals surface area contributed by atoms with Crippen LogP contribution in [0.25, 0.3) is 0 Å². The third-order valence-electron chi connectivity index (χ3n) is 3.32. The Morgan fingerprint density at radius 3 is 2.32 bits per heavy atom. The van der Waals surface area contributed by atoms with Gasteiger partial charge in [-0.1, -0.05) is 46.8 Å². The van der Waals surface area contributed by atoms with E-state index in [1.54, 1.807) is 4.68 Å². The first kappa shape index (κ1) is 18.3. The molecule has 0 saturated carbocycles. The fourth-order valence-electron chi connectivity index (χ4n) is 1.74. The molecule has 124 valence electrons. The Bertz CT molecular complexity index is 521. The minimum Gasteiger partial charge on any atom is -0.350 e. The summed E-state index contributed by atoms with van der Waals surface area (Å²) in [4.78, 5) is 23.6. The highest BCUT2D eigenvalue weighted by Crippen LogP contribution is 2.17. The van der Waals surface area contributed by atoms with E-state index in [4.69, 9.17) is 0 Å². The molecule has 0 fully saturated rings. The van der Waals surface area contributed by atoms with E-state index in [-0.39, 0.29) is 17.1 Å². The number of aryl methyl sites for hydroxylation is 1. The topological polar surface area (TPSA) is 76.9 Å². The molecule has 1 amide bonds. The molecule has 0 aliphatic carbocycles. The van der Waals surface area contributed by atoms with Crippen molar-refractivity contribution in [3.05, 3.63) is 11.9 Å². The molecular formula is C16H28N4O2. The smallest absolute Gasteiger partial charge is 0.225 e. The Labute approximate surface area is 132 Å². The lowest BCUT2D eigenvalue weighted by Gasteiger charge is -2.16. The van der Waals surface area contributed by atoms with E-state index >= 15 is 0 Å². The largest absolute Gasteiger partial charge is 0.350 e. The van der Waals surface area contributed by atoms with Crippen molar-refractivity contribution in [1.82, 2.24) is 20.3 Å². The lowest BCUT2D eigenvalue weighted by molar-refractivity contribution is -0.128. The SMILES string of the molecule is CC(C)(C)C(=O)CCCn1cc(CNC(=O)C(C)(C)C)nn1. The van der Waals surface area contributed by atoms with Crippen LogP contribution in [0.3, 0.4) is 0 Å². The quantitative estimate of drug-likeness (QED) is 0.875. The molecule has 1 N–H and O–H groups in total. The lowest BCUT2D eigenvalue weighted by atomic mass is 9.88. The summed E-state index contributed by atoms with van der Waals surface area (Å²) in [6.45, 7) is 12.4. The Balaban J connectivity index is 2.39. The van der Waals surface area contributed by atoms with E-state index < -0.39 is 5.41 Å². The monoisotopic (exact) mass is 308 g/mol. The van der Waals surface area contributed by atoms with Gasteiger partial charge in [0.2, 0.25) is 5.91 Å². The molecule has 0 radical (unpaired) electrons. The van der Waals surface area contributed by atoms with Crippen LogP contribution >= 0.6 is 0 Å². The van der Waals surface area contributed by atoms with Crippen LogP contribution in [-0.4, -0.2) is 26.7 Å². The zero-order valence-corrected chi connectivity index (χ0v) is 14.6. The van der Waals surface area contributed by atoms with E-state index in [0.717, 1.165) is 12.1 Å². The van der Waals surface area contributed by atoms with Crippen molar-refractivity contribution in [2.24, 2.45) is 10.8 Å². The van der Waals surface area contributed by atoms with Crippen LogP contribution in [0.4, 0.5) is 0 Å². The minimum atomic E-state index is -0.413. The van der Waals surface area contributed by atoms with Gasteiger partial charge in [0.25, 0.3) is 0 Å². The summed E-state index contributed by atoms with van der Waals surface area (Å²) in [5, 5.41) is 10.9. The van der Waals surface area contributed by atoms with E-state index in [9.17, 15) is 9.59 Å². The maximum absolute atomic E-state index is 11.8. The molecule has 1 rings (SSSR count). The number of nitrogens with one attached hydrogen (secondary N) is 1. The summed E-state index contributed by atoms with van der Waals surface area (Å²) in [7, 11) is 0. The predicted octanol–water partition coefficient (Wildman–Crippen LogP) is 2.34. The third-order valence-corrected chi connectivity index (χ3v) is 3.32. The fraction of sp³-hybridized carbons (Fsp3) is 0.750. The van der Waals surface area contributed by atoms with Crippen LogP contribution in [0.5, 0.6) is 0 Å². The zero-order valence-electron chi connectivity index (χ0n) is 14.6. The molecule has 1 aromatic rings. The van der Waals surface area contributed by atoms with Crippen molar-refractivity contribution in [2.45, 2.75) is 67.5 Å². The van der Waals surface area contributed by atoms with Gasteiger partial charge in [-0.15, -0.1) is 5.10 Å². The second-order valence-electron chi connectivity index (χ2n) is 7.68. The molecule has 1 aromatic heterocycles. The van der Waals surface area contributed by atoms with E-state index in [0.29, 0.717) is 19.5 Å². The number of nitrogens with zero attached hydrogens (tertiary/aromatic N) is 3. The summed E-state index contributed by atoms with van der Waals surface area (Å²) in [5.74, 6) is 0.239. The molecule has 0 unspecified atom stereocenters. The molecule has 0 atom stereocenters. The number of hydrogen-bond acceptors (Lipinski definition) is 4. The van der Waals surface area contributed by atoms with Gasteiger partial charge in [-0.05, 0) is 6.42 Å². The Morgan fingerprint density at radius 2 is 1.77 bits per heavy atom. The van der Waals surface area contributed by atoms with Crippen LogP contribution in [0, 0.1) is 10.8 Å². The van der Waals surface area contributed by atoms with Gasteiger partial charge in [0, 0.05) is 23.8 Å². The normalized spacial score (nSPS) is 12.3. The first-order valence-electron chi connectivity index (χ1n) is 7.71. The first-order valence-corrected chi connectivity index (χ1v) is 7.71.